The van der Waals surface area contributed by atoms with Crippen molar-refractivity contribution in [3.63, 3.8) is 0 Å². The van der Waals surface area contributed by atoms with Crippen LogP contribution in [0.1, 0.15) is 15.9 Å². The lowest BCUT2D eigenvalue weighted by atomic mass is 10.1. The molecule has 0 saturated carbocycles. The van der Waals surface area contributed by atoms with Crippen molar-refractivity contribution in [2.45, 2.75) is 6.92 Å². The molecule has 1 saturated heterocycles. The van der Waals surface area contributed by atoms with Gasteiger partial charge in [0.15, 0.2) is 16.6 Å². The number of fused-ring (bicyclic) bond motifs is 1. The quantitative estimate of drug-likeness (QED) is 0.409. The molecule has 0 spiro atoms. The molecule has 1 aliphatic rings. The first-order valence-corrected chi connectivity index (χ1v) is 12.1. The maximum Gasteiger partial charge on any atom is 0.260 e. The Morgan fingerprint density at radius 3 is 2.37 bits per heavy atom. The molecule has 1 fully saturated rings. The van der Waals surface area contributed by atoms with Crippen LogP contribution in [0.4, 0.5) is 5.13 Å². The second kappa shape index (κ2) is 12.1. The summed E-state index contributed by atoms with van der Waals surface area (Å²) >= 11 is 7.72. The lowest BCUT2D eigenvalue weighted by Crippen LogP contribution is -2.43. The maximum atomic E-state index is 13.9. The van der Waals surface area contributed by atoms with Gasteiger partial charge in [-0.25, -0.2) is 4.98 Å². The van der Waals surface area contributed by atoms with Crippen molar-refractivity contribution in [1.29, 1.82) is 0 Å². The van der Waals surface area contributed by atoms with Crippen LogP contribution in [-0.2, 0) is 4.74 Å². The van der Waals surface area contributed by atoms with Gasteiger partial charge in [-0.15, -0.1) is 12.4 Å². The minimum absolute atomic E-state index is 0. The Hall–Kier alpha value is -2.30. The molecule has 0 aliphatic carbocycles. The first-order valence-electron chi connectivity index (χ1n) is 10.9. The van der Waals surface area contributed by atoms with Crippen molar-refractivity contribution < 1.29 is 23.7 Å². The van der Waals surface area contributed by atoms with Gasteiger partial charge in [-0.05, 0) is 36.8 Å². The summed E-state index contributed by atoms with van der Waals surface area (Å²) in [5.41, 5.74) is 2.24. The van der Waals surface area contributed by atoms with E-state index in [1.54, 1.807) is 17.0 Å². The number of carbonyl (C=O) groups is 1. The van der Waals surface area contributed by atoms with Crippen LogP contribution in [0.2, 0.25) is 5.02 Å². The first kappa shape index (κ1) is 27.3. The first-order chi connectivity index (χ1) is 16.4. The van der Waals surface area contributed by atoms with Gasteiger partial charge in [-0.3, -0.25) is 14.6 Å². The molecule has 0 radical (unpaired) electrons. The topological polar surface area (TPSA) is 73.4 Å². The smallest absolute Gasteiger partial charge is 0.260 e. The number of anilines is 1. The Labute approximate surface area is 220 Å². The van der Waals surface area contributed by atoms with Gasteiger partial charge in [0.1, 0.15) is 0 Å². The van der Waals surface area contributed by atoms with E-state index < -0.39 is 0 Å². The van der Waals surface area contributed by atoms with Crippen molar-refractivity contribution >= 4 is 56.6 Å². The zero-order valence-corrected chi connectivity index (χ0v) is 22.5. The SMILES string of the molecule is COc1cc(C(=O)N(CCN2CCOCC2)c2nc3c(C)cc(Cl)cc3s2)cc(OC)c1OC.Cl. The average molecular weight is 542 g/mol. The summed E-state index contributed by atoms with van der Waals surface area (Å²) in [6.45, 7) is 6.20. The highest BCUT2D eigenvalue weighted by atomic mass is 35.5. The molecule has 35 heavy (non-hydrogen) atoms. The lowest BCUT2D eigenvalue weighted by Gasteiger charge is -2.29. The number of benzene rings is 2. The predicted octanol–water partition coefficient (Wildman–Crippen LogP) is 4.68. The molecule has 2 aromatic carbocycles. The zero-order chi connectivity index (χ0) is 24.2. The van der Waals surface area contributed by atoms with Gasteiger partial charge in [0.05, 0.1) is 44.8 Å². The van der Waals surface area contributed by atoms with Crippen LogP contribution in [0.3, 0.4) is 0 Å². The number of morpholine rings is 1. The summed E-state index contributed by atoms with van der Waals surface area (Å²) < 4.78 is 22.7. The third-order valence-corrected chi connectivity index (χ3v) is 7.01. The Kier molecular flexibility index (Phi) is 9.43. The summed E-state index contributed by atoms with van der Waals surface area (Å²) in [4.78, 5) is 22.7. The molecule has 0 bridgehead atoms. The number of hydrogen-bond donors (Lipinski definition) is 0. The van der Waals surface area contributed by atoms with E-state index in [1.165, 1.54) is 32.7 Å². The molecule has 0 unspecified atom stereocenters. The fourth-order valence-electron chi connectivity index (χ4n) is 3.97. The van der Waals surface area contributed by atoms with Gasteiger partial charge >= 0.3 is 0 Å². The van der Waals surface area contributed by atoms with Gasteiger partial charge in [0.25, 0.3) is 5.91 Å². The van der Waals surface area contributed by atoms with E-state index in [-0.39, 0.29) is 18.3 Å². The van der Waals surface area contributed by atoms with E-state index in [0.717, 1.165) is 28.9 Å². The minimum Gasteiger partial charge on any atom is -0.493 e. The molecular weight excluding hydrogens is 513 g/mol. The Morgan fingerprint density at radius 1 is 1.11 bits per heavy atom. The molecule has 8 nitrogen and oxygen atoms in total. The number of thiazole rings is 1. The molecule has 2 heterocycles. The lowest BCUT2D eigenvalue weighted by molar-refractivity contribution is 0.0391. The van der Waals surface area contributed by atoms with E-state index in [2.05, 4.69) is 4.90 Å². The van der Waals surface area contributed by atoms with E-state index in [9.17, 15) is 4.79 Å². The predicted molar refractivity (Wildman–Crippen MR) is 142 cm³/mol. The van der Waals surface area contributed by atoms with Gasteiger partial charge in [-0.2, -0.15) is 0 Å². The van der Waals surface area contributed by atoms with E-state index in [1.807, 2.05) is 19.1 Å². The fourth-order valence-corrected chi connectivity index (χ4v) is 5.41. The van der Waals surface area contributed by atoms with Crippen LogP contribution in [0.5, 0.6) is 17.2 Å². The van der Waals surface area contributed by atoms with Crippen LogP contribution >= 0.6 is 35.3 Å². The third-order valence-electron chi connectivity index (χ3n) is 5.77. The second-order valence-electron chi connectivity index (χ2n) is 7.89. The number of methoxy groups -OCH3 is 3. The van der Waals surface area contributed by atoms with Crippen LogP contribution < -0.4 is 19.1 Å². The number of nitrogens with zero attached hydrogens (tertiary/aromatic N) is 3. The van der Waals surface area contributed by atoms with Crippen molar-refractivity contribution in [3.8, 4) is 17.2 Å². The van der Waals surface area contributed by atoms with E-state index in [0.29, 0.717) is 59.3 Å². The Balaban J connectivity index is 0.00000342. The monoisotopic (exact) mass is 541 g/mol. The van der Waals surface area contributed by atoms with Crippen LogP contribution in [0.15, 0.2) is 24.3 Å². The second-order valence-corrected chi connectivity index (χ2v) is 9.34. The maximum absolute atomic E-state index is 13.9. The summed E-state index contributed by atoms with van der Waals surface area (Å²) in [6.07, 6.45) is 0. The number of halogens is 2. The largest absolute Gasteiger partial charge is 0.493 e. The molecule has 4 rings (SSSR count). The van der Waals surface area contributed by atoms with Crippen LogP contribution in [0, 0.1) is 6.92 Å². The fraction of sp³-hybridized carbons (Fsp3) is 0.417. The number of aromatic nitrogens is 1. The number of hydrogen-bond acceptors (Lipinski definition) is 8. The molecule has 0 atom stereocenters. The summed E-state index contributed by atoms with van der Waals surface area (Å²) in [7, 11) is 4.59. The van der Waals surface area contributed by atoms with Crippen molar-refractivity contribution in [2.75, 3.05) is 65.6 Å². The standard InChI is InChI=1S/C24H28ClN3O5S.ClH/c1-15-11-17(25)14-20-21(15)26-24(34-20)28(6-5-27-7-9-33-10-8-27)23(29)16-12-18(30-2)22(32-4)19(13-16)31-3;/h11-14H,5-10H2,1-4H3;1H. The number of rotatable bonds is 8. The highest BCUT2D eigenvalue weighted by Gasteiger charge is 2.26. The number of aryl methyl sites for hydroxylation is 1. The molecule has 3 aromatic rings. The highest BCUT2D eigenvalue weighted by molar-refractivity contribution is 7.22. The average Bonchev–Trinajstić information content (AvgIpc) is 3.27. The minimum atomic E-state index is -0.199. The zero-order valence-electron chi connectivity index (χ0n) is 20.1. The molecule has 1 amide bonds. The summed E-state index contributed by atoms with van der Waals surface area (Å²) in [6, 6.07) is 7.10. The highest BCUT2D eigenvalue weighted by Crippen LogP contribution is 2.39. The van der Waals surface area contributed by atoms with E-state index in [4.69, 9.17) is 35.5 Å². The Morgan fingerprint density at radius 2 is 1.77 bits per heavy atom. The third kappa shape index (κ3) is 5.92. The molecule has 1 aromatic heterocycles. The molecule has 11 heteroatoms. The normalized spacial score (nSPS) is 13.9. The molecule has 0 N–H and O–H groups in total. The van der Waals surface area contributed by atoms with Crippen molar-refractivity contribution in [1.82, 2.24) is 9.88 Å². The van der Waals surface area contributed by atoms with Crippen molar-refractivity contribution in [2.24, 2.45) is 0 Å². The van der Waals surface area contributed by atoms with E-state index >= 15 is 0 Å². The van der Waals surface area contributed by atoms with Gasteiger partial charge in [-0.1, -0.05) is 22.9 Å². The number of amides is 1. The molecular formula is C24H29Cl2N3O5S. The van der Waals surface area contributed by atoms with Gasteiger partial charge < -0.3 is 18.9 Å². The number of carbonyl (C=O) groups excluding carboxylic acids is 1. The van der Waals surface area contributed by atoms with Crippen molar-refractivity contribution in [3.05, 3.63) is 40.4 Å². The van der Waals surface area contributed by atoms with Gasteiger partial charge in [0.2, 0.25) is 5.75 Å². The van der Waals surface area contributed by atoms with Crippen LogP contribution in [0.25, 0.3) is 10.2 Å². The molecule has 1 aliphatic heterocycles. The summed E-state index contributed by atoms with van der Waals surface area (Å²) in [5.74, 6) is 1.08. The van der Waals surface area contributed by atoms with Gasteiger partial charge in [0, 0.05) is 36.8 Å². The molecule has 190 valence electrons. The number of ether oxygens (including phenoxy) is 4. The summed E-state index contributed by atoms with van der Waals surface area (Å²) in [5, 5.41) is 1.27. The van der Waals surface area contributed by atoms with Crippen LogP contribution in [-0.4, -0.2) is 76.5 Å². The Bertz CT molecular complexity index is 1160.